The van der Waals surface area contributed by atoms with Gasteiger partial charge in [0.2, 0.25) is 23.6 Å². The first-order chi connectivity index (χ1) is 54.1. The molecule has 17 nitrogen and oxygen atoms in total. The van der Waals surface area contributed by atoms with Gasteiger partial charge in [-0.15, -0.1) is 0 Å². The second-order valence-electron chi connectivity index (χ2n) is 27.3. The van der Waals surface area contributed by atoms with Crippen LogP contribution in [0.25, 0.3) is 45.0 Å². The third-order valence-electron chi connectivity index (χ3n) is 19.5. The molecule has 0 bridgehead atoms. The number of hydrogen-bond acceptors (Lipinski definition) is 13. The molecule has 4 aliphatic carbocycles. The minimum absolute atomic E-state index is 0.121. The van der Waals surface area contributed by atoms with Crippen LogP contribution in [0.1, 0.15) is 118 Å². The summed E-state index contributed by atoms with van der Waals surface area (Å²) >= 11 is 9.29. The summed E-state index contributed by atoms with van der Waals surface area (Å²) in [4.78, 5) is 87.6. The number of aromatic nitrogens is 8. The fraction of sp³-hybridized carbons (Fsp3) is 0.227. The van der Waals surface area contributed by atoms with Gasteiger partial charge in [-0.25, -0.2) is 61.8 Å². The van der Waals surface area contributed by atoms with Gasteiger partial charge in [0.1, 0.15) is 34.8 Å². The van der Waals surface area contributed by atoms with E-state index in [1.807, 2.05) is 64.1 Å². The molecule has 12 aromatic rings. The zero-order valence-corrected chi connectivity index (χ0v) is 64.1. The average molecular weight is 1590 g/mol. The standard InChI is InChI=1S/C22H19BrFN3O.C22H19ClFN3O.C22H19F2N3O.C22H20FN3O2/c3*1-2-18-22(27-20(28)11-13-3-6-15(23)7-4-13)26-19-10-5-14-12-16(24)8-9-17(14)21(19)25-18;1-2-18-22(26-20(28)11-13-3-7-16(27)8-4-13)25-19-10-5-14-12-15(23)6-9-17(14)21(19)24-18/h3*3-4,6-9,12H,2,5,10-11H2,1H3,(H,26,27,28);3-4,6-9,12,27H,2,5,10-11H2,1H3,(H,25,26,28). The quantitative estimate of drug-likeness (QED) is 0.0566. The number of anilines is 4. The van der Waals surface area contributed by atoms with Gasteiger partial charge in [-0.05, 0) is 243 Å². The van der Waals surface area contributed by atoms with Gasteiger partial charge < -0.3 is 26.4 Å². The number of amides is 4. The monoisotopic (exact) mass is 1590 g/mol. The number of aromatic hydroxyl groups is 1. The first-order valence-electron chi connectivity index (χ1n) is 37.1. The molecule has 4 aromatic heterocycles. The summed E-state index contributed by atoms with van der Waals surface area (Å²) in [7, 11) is 0. The van der Waals surface area contributed by atoms with E-state index in [9.17, 15) is 46.2 Å². The van der Waals surface area contributed by atoms with E-state index < -0.39 is 0 Å². The third-order valence-corrected chi connectivity index (χ3v) is 20.3. The van der Waals surface area contributed by atoms with E-state index in [1.165, 1.54) is 36.4 Å². The first-order valence-corrected chi connectivity index (χ1v) is 38.2. The van der Waals surface area contributed by atoms with Crippen LogP contribution in [-0.2, 0) is 122 Å². The Bertz CT molecular complexity index is 4880. The van der Waals surface area contributed by atoms with Gasteiger partial charge in [-0.3, -0.25) is 19.2 Å². The minimum Gasteiger partial charge on any atom is -0.508 e. The molecule has 112 heavy (non-hydrogen) atoms. The summed E-state index contributed by atoms with van der Waals surface area (Å²) in [6.45, 7) is 7.86. The molecule has 0 fully saturated rings. The number of rotatable bonds is 16. The zero-order chi connectivity index (χ0) is 78.7. The Morgan fingerprint density at radius 2 is 0.580 bits per heavy atom. The van der Waals surface area contributed by atoms with Crippen LogP contribution in [0.4, 0.5) is 45.2 Å². The Balaban J connectivity index is 0.000000131. The van der Waals surface area contributed by atoms with Gasteiger partial charge in [0.05, 0.1) is 94.0 Å². The lowest BCUT2D eigenvalue weighted by molar-refractivity contribution is -0.116. The van der Waals surface area contributed by atoms with Crippen molar-refractivity contribution in [2.75, 3.05) is 21.3 Å². The van der Waals surface area contributed by atoms with Crippen molar-refractivity contribution >= 4 is 74.4 Å². The molecule has 4 aliphatic rings. The highest BCUT2D eigenvalue weighted by molar-refractivity contribution is 9.10. The van der Waals surface area contributed by atoms with Crippen molar-refractivity contribution in [1.29, 1.82) is 0 Å². The molecule has 0 radical (unpaired) electrons. The van der Waals surface area contributed by atoms with E-state index in [-0.39, 0.29) is 84.1 Å². The summed E-state index contributed by atoms with van der Waals surface area (Å²) in [5.41, 5.74) is 20.0. The summed E-state index contributed by atoms with van der Waals surface area (Å²) in [6.07, 6.45) is 8.77. The fourth-order valence-corrected chi connectivity index (χ4v) is 14.2. The van der Waals surface area contributed by atoms with E-state index in [4.69, 9.17) is 41.5 Å². The molecule has 8 aromatic carbocycles. The molecule has 0 aliphatic heterocycles. The van der Waals surface area contributed by atoms with Crippen molar-refractivity contribution in [2.24, 2.45) is 0 Å². The molecular formula is C88H77BrClF5N12O5. The largest absolute Gasteiger partial charge is 0.508 e. The Labute approximate surface area is 657 Å². The Morgan fingerprint density at radius 3 is 0.848 bits per heavy atom. The van der Waals surface area contributed by atoms with Crippen LogP contribution in [0.3, 0.4) is 0 Å². The van der Waals surface area contributed by atoms with Gasteiger partial charge in [0.15, 0.2) is 23.3 Å². The number of nitrogens with zero attached hydrogens (tertiary/aromatic N) is 8. The number of phenolic OH excluding ortho intramolecular Hbond substituents is 1. The van der Waals surface area contributed by atoms with Crippen molar-refractivity contribution in [3.05, 3.63) is 298 Å². The highest BCUT2D eigenvalue weighted by atomic mass is 79.9. The Hall–Kier alpha value is -11.8. The smallest absolute Gasteiger partial charge is 0.229 e. The topological polar surface area (TPSA) is 240 Å². The number of phenols is 1. The minimum atomic E-state index is -0.335. The van der Waals surface area contributed by atoms with Crippen molar-refractivity contribution in [2.45, 2.75) is 130 Å². The predicted molar refractivity (Wildman–Crippen MR) is 426 cm³/mol. The van der Waals surface area contributed by atoms with Crippen LogP contribution in [0.2, 0.25) is 5.02 Å². The SMILES string of the molecule is CCc1nc2c(nc1NC(=O)Cc1ccc(Br)cc1)CCc1cc(F)ccc1-2.CCc1nc2c(nc1NC(=O)Cc1ccc(Cl)cc1)CCc1cc(F)ccc1-2.CCc1nc2c(nc1NC(=O)Cc1ccc(F)cc1)CCc1cc(F)ccc1-2.CCc1nc2c(nc1NC(=O)Cc1ccc(O)cc1)CCc1cc(F)ccc1-2. The average Bonchev–Trinajstić information content (AvgIpc) is 0.789. The highest BCUT2D eigenvalue weighted by Crippen LogP contribution is 2.38. The number of hydrogen-bond donors (Lipinski definition) is 5. The molecule has 4 heterocycles. The maximum atomic E-state index is 13.5. The van der Waals surface area contributed by atoms with E-state index in [0.29, 0.717) is 117 Å². The van der Waals surface area contributed by atoms with Gasteiger partial charge in [0, 0.05) is 31.7 Å². The van der Waals surface area contributed by atoms with Crippen LogP contribution in [-0.4, -0.2) is 68.6 Å². The maximum Gasteiger partial charge on any atom is 0.229 e. The third kappa shape index (κ3) is 19.1. The highest BCUT2D eigenvalue weighted by Gasteiger charge is 2.28. The fourth-order valence-electron chi connectivity index (χ4n) is 13.8. The summed E-state index contributed by atoms with van der Waals surface area (Å²) in [5.74, 6) is 0.139. The van der Waals surface area contributed by atoms with Crippen molar-refractivity contribution < 1.29 is 46.2 Å². The van der Waals surface area contributed by atoms with Crippen LogP contribution in [0.15, 0.2) is 174 Å². The van der Waals surface area contributed by atoms with Gasteiger partial charge >= 0.3 is 0 Å². The summed E-state index contributed by atoms with van der Waals surface area (Å²) in [6, 6.07) is 46.2. The van der Waals surface area contributed by atoms with Gasteiger partial charge in [0.25, 0.3) is 0 Å². The number of carbonyl (C=O) groups excluding carboxylic acids is 4. The lowest BCUT2D eigenvalue weighted by Gasteiger charge is -2.20. The van der Waals surface area contributed by atoms with Crippen molar-refractivity contribution in [3.8, 4) is 50.8 Å². The molecular weight excluding hydrogens is 1520 g/mol. The molecule has 16 rings (SSSR count). The second kappa shape index (κ2) is 35.5. The van der Waals surface area contributed by atoms with Crippen LogP contribution < -0.4 is 21.3 Å². The molecule has 0 spiro atoms. The number of aryl methyl sites for hydroxylation is 12. The molecule has 0 saturated carbocycles. The predicted octanol–water partition coefficient (Wildman–Crippen LogP) is 17.8. The molecule has 568 valence electrons. The van der Waals surface area contributed by atoms with E-state index >= 15 is 0 Å². The molecule has 24 heteroatoms. The van der Waals surface area contributed by atoms with E-state index in [1.54, 1.807) is 97.1 Å². The molecule has 5 N–H and O–H groups in total. The van der Waals surface area contributed by atoms with Crippen molar-refractivity contribution in [1.82, 2.24) is 39.9 Å². The molecule has 0 unspecified atom stereocenters. The second-order valence-corrected chi connectivity index (χ2v) is 28.7. The summed E-state index contributed by atoms with van der Waals surface area (Å²) in [5, 5.41) is 21.5. The normalized spacial score (nSPS) is 12.2. The maximum absolute atomic E-state index is 13.5. The zero-order valence-electron chi connectivity index (χ0n) is 61.8. The molecule has 4 amide bonds. The Morgan fingerprint density at radius 1 is 0.339 bits per heavy atom. The molecule has 0 atom stereocenters. The number of halogens is 7. The number of carbonyl (C=O) groups is 4. The van der Waals surface area contributed by atoms with E-state index in [2.05, 4.69) is 47.2 Å². The van der Waals surface area contributed by atoms with Crippen LogP contribution >= 0.6 is 27.5 Å². The number of nitrogens with one attached hydrogen (secondary N) is 4. The lowest BCUT2D eigenvalue weighted by atomic mass is 9.91. The van der Waals surface area contributed by atoms with E-state index in [0.717, 1.165) is 128 Å². The Kier molecular flexibility index (Phi) is 24.8. The lowest BCUT2D eigenvalue weighted by Crippen LogP contribution is -2.19. The van der Waals surface area contributed by atoms with Crippen LogP contribution in [0, 0.1) is 29.1 Å². The van der Waals surface area contributed by atoms with Gasteiger partial charge in [-0.2, -0.15) is 0 Å². The van der Waals surface area contributed by atoms with Crippen molar-refractivity contribution in [3.63, 3.8) is 0 Å². The number of benzene rings is 8. The molecule has 0 saturated heterocycles. The summed E-state index contributed by atoms with van der Waals surface area (Å²) < 4.78 is 68.1. The number of fused-ring (bicyclic) bond motifs is 12. The van der Waals surface area contributed by atoms with Gasteiger partial charge in [-0.1, -0.05) is 104 Å². The van der Waals surface area contributed by atoms with Crippen LogP contribution in [0.5, 0.6) is 5.75 Å². The first kappa shape index (κ1) is 78.3.